The van der Waals surface area contributed by atoms with Gasteiger partial charge in [-0.1, -0.05) is 29.8 Å². The van der Waals surface area contributed by atoms with Gasteiger partial charge in [-0.2, -0.15) is 0 Å². The Morgan fingerprint density at radius 2 is 2.00 bits per heavy atom. The predicted molar refractivity (Wildman–Crippen MR) is 100.0 cm³/mol. The van der Waals surface area contributed by atoms with Gasteiger partial charge in [-0.05, 0) is 30.5 Å². The Balaban J connectivity index is 0.00000243. The molecule has 140 valence electrons. The lowest BCUT2D eigenvalue weighted by Crippen LogP contribution is -2.31. The second kappa shape index (κ2) is 7.79. The lowest BCUT2D eigenvalue weighted by atomic mass is 10.2. The van der Waals surface area contributed by atoms with Gasteiger partial charge < -0.3 is 10.3 Å². The smallest absolute Gasteiger partial charge is 0.252 e. The van der Waals surface area contributed by atoms with Crippen molar-refractivity contribution < 1.29 is 13.2 Å². The highest BCUT2D eigenvalue weighted by atomic mass is 35.5. The summed E-state index contributed by atoms with van der Waals surface area (Å²) in [6, 6.07) is 7.85. The topological polar surface area (TPSA) is 118 Å². The van der Waals surface area contributed by atoms with Crippen molar-refractivity contribution in [2.24, 2.45) is 5.73 Å². The molecule has 2 aromatic rings. The van der Waals surface area contributed by atoms with Crippen LogP contribution in [-0.4, -0.2) is 24.9 Å². The number of carbonyl (C=O) groups excluding carboxylic acids is 1. The van der Waals surface area contributed by atoms with Crippen molar-refractivity contribution in [2.45, 2.75) is 30.3 Å². The number of nitrogens with one attached hydrogen (secondary N) is 2. The minimum absolute atomic E-state index is 0. The summed E-state index contributed by atoms with van der Waals surface area (Å²) in [4.78, 5) is 11.6. The number of primary amides is 1. The van der Waals surface area contributed by atoms with Crippen molar-refractivity contribution in [1.29, 1.82) is 5.41 Å². The van der Waals surface area contributed by atoms with Crippen LogP contribution in [0.25, 0.3) is 0 Å². The number of nitrogens with zero attached hydrogens (tertiary/aromatic N) is 1. The number of aromatic nitrogens is 1. The Morgan fingerprint density at radius 1 is 1.35 bits per heavy atom. The molecule has 1 aliphatic rings. The molecule has 1 aliphatic carbocycles. The number of halogens is 2. The lowest BCUT2D eigenvalue weighted by Gasteiger charge is -2.14. The van der Waals surface area contributed by atoms with Gasteiger partial charge in [-0.3, -0.25) is 10.2 Å². The van der Waals surface area contributed by atoms with E-state index in [1.54, 1.807) is 18.2 Å². The summed E-state index contributed by atoms with van der Waals surface area (Å²) in [5.41, 5.74) is 5.61. The number of pyridine rings is 1. The monoisotopic (exact) mass is 416 g/mol. The summed E-state index contributed by atoms with van der Waals surface area (Å²) >= 11 is 6.00. The summed E-state index contributed by atoms with van der Waals surface area (Å²) in [6.07, 6.45) is 3.14. The molecule has 0 radical (unpaired) electrons. The highest BCUT2D eigenvalue weighted by molar-refractivity contribution is 7.89. The van der Waals surface area contributed by atoms with Gasteiger partial charge in [-0.15, -0.1) is 12.4 Å². The van der Waals surface area contributed by atoms with Crippen LogP contribution in [0.1, 0.15) is 28.8 Å². The van der Waals surface area contributed by atoms with Crippen LogP contribution in [0.2, 0.25) is 5.02 Å². The maximum absolute atomic E-state index is 12.6. The van der Waals surface area contributed by atoms with Gasteiger partial charge in [-0.25, -0.2) is 13.1 Å². The third kappa shape index (κ3) is 4.45. The average Bonchev–Trinajstić information content (AvgIpc) is 3.34. The molecule has 3 rings (SSSR count). The minimum atomic E-state index is -3.65. The molecule has 0 atom stereocenters. The van der Waals surface area contributed by atoms with Crippen molar-refractivity contribution in [2.75, 3.05) is 0 Å². The number of hydrogen-bond donors (Lipinski definition) is 3. The Hall–Kier alpha value is -1.87. The summed E-state index contributed by atoms with van der Waals surface area (Å²) in [5.74, 6) is -0.766. The highest BCUT2D eigenvalue weighted by Crippen LogP contribution is 2.24. The first-order valence-electron chi connectivity index (χ1n) is 7.62. The zero-order chi connectivity index (χ0) is 18.2. The molecule has 1 saturated carbocycles. The third-order valence-electron chi connectivity index (χ3n) is 3.87. The summed E-state index contributed by atoms with van der Waals surface area (Å²) < 4.78 is 29.1. The zero-order valence-corrected chi connectivity index (χ0v) is 16.0. The first-order valence-corrected chi connectivity index (χ1v) is 9.48. The quantitative estimate of drug-likeness (QED) is 0.663. The van der Waals surface area contributed by atoms with Gasteiger partial charge in [0.15, 0.2) is 0 Å². The Kier molecular flexibility index (Phi) is 6.13. The third-order valence-corrected chi connectivity index (χ3v) is 5.70. The molecule has 26 heavy (non-hydrogen) atoms. The van der Waals surface area contributed by atoms with E-state index in [2.05, 4.69) is 4.72 Å². The molecule has 1 fully saturated rings. The Bertz CT molecular complexity index is 1000. The maximum atomic E-state index is 12.6. The van der Waals surface area contributed by atoms with Gasteiger partial charge in [0.2, 0.25) is 10.0 Å². The number of hydrogen-bond acceptors (Lipinski definition) is 4. The van der Waals surface area contributed by atoms with Crippen LogP contribution in [0.15, 0.2) is 41.4 Å². The molecular weight excluding hydrogens is 399 g/mol. The van der Waals surface area contributed by atoms with Crippen LogP contribution in [0, 0.1) is 5.41 Å². The Morgan fingerprint density at radius 3 is 2.62 bits per heavy atom. The molecule has 0 bridgehead atoms. The lowest BCUT2D eigenvalue weighted by molar-refractivity contribution is 0.0997. The Labute approximate surface area is 162 Å². The van der Waals surface area contributed by atoms with Crippen LogP contribution in [0.3, 0.4) is 0 Å². The van der Waals surface area contributed by atoms with Crippen LogP contribution in [0.5, 0.6) is 0 Å². The molecule has 4 N–H and O–H groups in total. The zero-order valence-electron chi connectivity index (χ0n) is 13.6. The van der Waals surface area contributed by atoms with Gasteiger partial charge in [0.05, 0.1) is 22.0 Å². The molecule has 10 heteroatoms. The first-order chi connectivity index (χ1) is 11.8. The van der Waals surface area contributed by atoms with E-state index < -0.39 is 15.9 Å². The SMILES string of the molecule is Cl.N=c1c(C(N)=O)cc(Cl)cn1Cc1ccccc1S(=O)(=O)NC1CC1. The van der Waals surface area contributed by atoms with E-state index >= 15 is 0 Å². The highest BCUT2D eigenvalue weighted by Gasteiger charge is 2.29. The van der Waals surface area contributed by atoms with Gasteiger partial charge in [0, 0.05) is 12.2 Å². The maximum Gasteiger partial charge on any atom is 0.252 e. The fourth-order valence-electron chi connectivity index (χ4n) is 2.49. The first kappa shape index (κ1) is 20.4. The van der Waals surface area contributed by atoms with E-state index in [1.807, 2.05) is 0 Å². The van der Waals surface area contributed by atoms with Gasteiger partial charge >= 0.3 is 0 Å². The molecule has 0 aliphatic heterocycles. The molecular formula is C16H18Cl2N4O3S. The van der Waals surface area contributed by atoms with Gasteiger partial charge in [0.25, 0.3) is 5.91 Å². The summed E-state index contributed by atoms with van der Waals surface area (Å²) in [6.45, 7) is 0.0709. The molecule has 0 spiro atoms. The van der Waals surface area contributed by atoms with E-state index in [0.717, 1.165) is 12.8 Å². The molecule has 1 amide bonds. The van der Waals surface area contributed by atoms with E-state index in [9.17, 15) is 13.2 Å². The van der Waals surface area contributed by atoms with Crippen LogP contribution in [-0.2, 0) is 16.6 Å². The van der Waals surface area contributed by atoms with E-state index in [0.29, 0.717) is 5.56 Å². The predicted octanol–water partition coefficient (Wildman–Crippen LogP) is 1.63. The molecule has 0 unspecified atom stereocenters. The largest absolute Gasteiger partial charge is 0.365 e. The van der Waals surface area contributed by atoms with Crippen LogP contribution in [0.4, 0.5) is 0 Å². The number of carbonyl (C=O) groups is 1. The van der Waals surface area contributed by atoms with E-state index in [-0.39, 0.29) is 46.0 Å². The second-order valence-corrected chi connectivity index (χ2v) is 8.03. The number of rotatable bonds is 6. The second-order valence-electron chi connectivity index (χ2n) is 5.92. The normalized spacial score (nSPS) is 13.9. The van der Waals surface area contributed by atoms with Crippen molar-refractivity contribution in [3.63, 3.8) is 0 Å². The molecule has 7 nitrogen and oxygen atoms in total. The molecule has 0 saturated heterocycles. The summed E-state index contributed by atoms with van der Waals surface area (Å²) in [5, 5.41) is 8.35. The minimum Gasteiger partial charge on any atom is -0.365 e. The van der Waals surface area contributed by atoms with Crippen molar-refractivity contribution >= 4 is 39.9 Å². The number of nitrogens with two attached hydrogens (primary N) is 1. The van der Waals surface area contributed by atoms with E-state index in [4.69, 9.17) is 22.7 Å². The van der Waals surface area contributed by atoms with Crippen molar-refractivity contribution in [1.82, 2.24) is 9.29 Å². The number of benzene rings is 1. The molecule has 1 heterocycles. The fraction of sp³-hybridized carbons (Fsp3) is 0.250. The number of amides is 1. The van der Waals surface area contributed by atoms with Crippen LogP contribution < -0.4 is 15.9 Å². The number of sulfonamides is 1. The van der Waals surface area contributed by atoms with Gasteiger partial charge in [0.1, 0.15) is 5.49 Å². The molecule has 1 aromatic heterocycles. The molecule has 1 aromatic carbocycles. The van der Waals surface area contributed by atoms with E-state index in [1.165, 1.54) is 22.9 Å². The summed E-state index contributed by atoms with van der Waals surface area (Å²) in [7, 11) is -3.65. The van der Waals surface area contributed by atoms with Crippen molar-refractivity contribution in [3.05, 3.63) is 58.2 Å². The van der Waals surface area contributed by atoms with Crippen molar-refractivity contribution in [3.8, 4) is 0 Å². The van der Waals surface area contributed by atoms with Crippen LogP contribution >= 0.6 is 24.0 Å². The standard InChI is InChI=1S/C16H17ClN4O3S.ClH/c17-11-7-13(16(19)22)15(18)21(9-11)8-10-3-1-2-4-14(10)25(23,24)20-12-5-6-12;/h1-4,7,9,12,18,20H,5-6,8H2,(H2,19,22);1H. The fourth-order valence-corrected chi connectivity index (χ4v) is 4.25. The average molecular weight is 417 g/mol.